The van der Waals surface area contributed by atoms with Crippen molar-refractivity contribution in [1.29, 1.82) is 0 Å². The third-order valence-electron chi connectivity index (χ3n) is 6.83. The van der Waals surface area contributed by atoms with Crippen LogP contribution in [0.3, 0.4) is 0 Å². The summed E-state index contributed by atoms with van der Waals surface area (Å²) in [6.45, 7) is 3.81. The van der Waals surface area contributed by atoms with E-state index in [9.17, 15) is 18.0 Å². The van der Waals surface area contributed by atoms with Gasteiger partial charge in [0.15, 0.2) is 10.8 Å². The summed E-state index contributed by atoms with van der Waals surface area (Å²) in [5.41, 5.74) is 1.48. The van der Waals surface area contributed by atoms with Gasteiger partial charge in [0.1, 0.15) is 11.9 Å². The number of nitrogens with zero attached hydrogens (tertiary/aromatic N) is 3. The van der Waals surface area contributed by atoms with Gasteiger partial charge >= 0.3 is 5.97 Å². The number of halogens is 3. The van der Waals surface area contributed by atoms with Crippen molar-refractivity contribution >= 4 is 23.1 Å². The molecule has 0 unspecified atom stereocenters. The predicted molar refractivity (Wildman–Crippen MR) is 126 cm³/mol. The summed E-state index contributed by atoms with van der Waals surface area (Å²) in [7, 11) is 0. The average molecular weight is 506 g/mol. The Morgan fingerprint density at radius 2 is 2.17 bits per heavy atom. The van der Waals surface area contributed by atoms with E-state index in [2.05, 4.69) is 15.6 Å². The molecule has 0 aliphatic carbocycles. The largest absolute Gasteiger partial charge is 0.463 e. The summed E-state index contributed by atoms with van der Waals surface area (Å²) in [5, 5.41) is 8.62. The lowest BCUT2D eigenvalue weighted by Crippen LogP contribution is -2.43. The van der Waals surface area contributed by atoms with Crippen LogP contribution in [0.2, 0.25) is 0 Å². The molecular formula is C24H26F3N5O2S. The number of hydrogen-bond acceptors (Lipinski definition) is 8. The number of carbonyl (C=O) groups is 1. The van der Waals surface area contributed by atoms with E-state index in [-0.39, 0.29) is 31.3 Å². The molecule has 2 saturated heterocycles. The number of nitrogens with one attached hydrogen (secondary N) is 2. The van der Waals surface area contributed by atoms with Crippen LogP contribution in [0, 0.1) is 18.7 Å². The molecule has 35 heavy (non-hydrogen) atoms. The molecule has 0 radical (unpaired) electrons. The molecule has 0 amide bonds. The number of aromatic nitrogens is 1. The molecule has 0 bridgehead atoms. The Morgan fingerprint density at radius 3 is 2.91 bits per heavy atom. The number of likely N-dealkylation sites (tertiary alicyclic amines) is 1. The van der Waals surface area contributed by atoms with Gasteiger partial charge in [0.25, 0.3) is 5.92 Å². The van der Waals surface area contributed by atoms with E-state index in [0.717, 1.165) is 0 Å². The van der Waals surface area contributed by atoms with Gasteiger partial charge in [-0.3, -0.25) is 9.89 Å². The highest BCUT2D eigenvalue weighted by molar-refractivity contribution is 7.11. The molecule has 1 aromatic carbocycles. The molecule has 11 heteroatoms. The van der Waals surface area contributed by atoms with Gasteiger partial charge in [-0.15, -0.1) is 11.3 Å². The van der Waals surface area contributed by atoms with Gasteiger partial charge in [-0.2, -0.15) is 0 Å². The SMILES string of the molecule is CCOC(=O)C1=C(CN2CC(F)(F)[C@@H]3CNC[C@@H]32)NC(c2nccs2)=N[C@H]1c1cccc(F)c1C. The molecule has 3 aliphatic heterocycles. The van der Waals surface area contributed by atoms with Gasteiger partial charge in [-0.25, -0.2) is 22.9 Å². The molecule has 186 valence electrons. The standard InChI is InChI=1S/C24H26F3N5O2S/c1-3-34-23(33)19-17(11-32-12-24(26,27)15-9-28-10-18(15)32)30-21(22-29-7-8-35-22)31-20(19)14-5-4-6-16(25)13(14)2/h4-8,15,18,20,28H,3,9-12H2,1-2H3,(H,30,31)/t15-,18+,20+/m1/s1. The van der Waals surface area contributed by atoms with E-state index in [1.165, 1.54) is 17.4 Å². The third-order valence-corrected chi connectivity index (χ3v) is 7.61. The first kappa shape index (κ1) is 24.0. The van der Waals surface area contributed by atoms with Crippen LogP contribution in [0.25, 0.3) is 0 Å². The lowest BCUT2D eigenvalue weighted by molar-refractivity contribution is -0.139. The van der Waals surface area contributed by atoms with Gasteiger partial charge in [-0.05, 0) is 31.0 Å². The molecule has 1 aromatic heterocycles. The number of carbonyl (C=O) groups excluding carboxylic acids is 1. The first-order valence-corrected chi connectivity index (χ1v) is 12.4. The Bertz CT molecular complexity index is 1180. The highest BCUT2D eigenvalue weighted by atomic mass is 32.1. The average Bonchev–Trinajstić information content (AvgIpc) is 3.56. The van der Waals surface area contributed by atoms with Crippen LogP contribution < -0.4 is 10.6 Å². The van der Waals surface area contributed by atoms with Crippen molar-refractivity contribution in [1.82, 2.24) is 20.5 Å². The number of alkyl halides is 2. The number of fused-ring (bicyclic) bond motifs is 1. The number of rotatable bonds is 6. The van der Waals surface area contributed by atoms with E-state index in [1.54, 1.807) is 42.5 Å². The Kier molecular flexibility index (Phi) is 6.41. The molecule has 2 aromatic rings. The van der Waals surface area contributed by atoms with Crippen molar-refractivity contribution < 1.29 is 22.7 Å². The summed E-state index contributed by atoms with van der Waals surface area (Å²) in [5.74, 6) is -4.25. The second kappa shape index (κ2) is 9.36. The topological polar surface area (TPSA) is 78.9 Å². The molecule has 0 spiro atoms. The van der Waals surface area contributed by atoms with E-state index in [1.807, 2.05) is 0 Å². The molecule has 0 saturated carbocycles. The van der Waals surface area contributed by atoms with Crippen LogP contribution in [0.4, 0.5) is 13.2 Å². The number of benzene rings is 1. The fraction of sp³-hybridized carbons (Fsp3) is 0.458. The van der Waals surface area contributed by atoms with E-state index in [0.29, 0.717) is 34.2 Å². The van der Waals surface area contributed by atoms with Crippen LogP contribution in [0.1, 0.15) is 29.1 Å². The molecule has 2 fully saturated rings. The zero-order valence-electron chi connectivity index (χ0n) is 19.4. The molecule has 3 aliphatic rings. The van der Waals surface area contributed by atoms with Crippen LogP contribution >= 0.6 is 11.3 Å². The lowest BCUT2D eigenvalue weighted by atomic mass is 9.92. The first-order valence-electron chi connectivity index (χ1n) is 11.5. The smallest absolute Gasteiger partial charge is 0.338 e. The minimum Gasteiger partial charge on any atom is -0.463 e. The Labute approximate surface area is 205 Å². The molecule has 3 atom stereocenters. The third kappa shape index (κ3) is 4.36. The van der Waals surface area contributed by atoms with Gasteiger partial charge < -0.3 is 15.4 Å². The number of ether oxygens (including phenoxy) is 1. The fourth-order valence-electron chi connectivity index (χ4n) is 5.13. The predicted octanol–water partition coefficient (Wildman–Crippen LogP) is 3.04. The summed E-state index contributed by atoms with van der Waals surface area (Å²) in [6, 6.07) is 3.39. The van der Waals surface area contributed by atoms with Crippen molar-refractivity contribution in [2.45, 2.75) is 31.9 Å². The maximum Gasteiger partial charge on any atom is 0.338 e. The monoisotopic (exact) mass is 505 g/mol. The minimum absolute atomic E-state index is 0.0713. The summed E-state index contributed by atoms with van der Waals surface area (Å²) in [6.07, 6.45) is 1.63. The maximum atomic E-state index is 14.7. The van der Waals surface area contributed by atoms with Crippen LogP contribution in [0.15, 0.2) is 46.0 Å². The number of esters is 1. The lowest BCUT2D eigenvalue weighted by Gasteiger charge is -2.31. The second-order valence-corrected chi connectivity index (χ2v) is 9.80. The number of amidine groups is 1. The Hall–Kier alpha value is -2.76. The van der Waals surface area contributed by atoms with Crippen molar-refractivity contribution in [3.8, 4) is 0 Å². The van der Waals surface area contributed by atoms with Gasteiger partial charge in [-0.1, -0.05) is 12.1 Å². The van der Waals surface area contributed by atoms with Crippen molar-refractivity contribution in [2.75, 3.05) is 32.8 Å². The highest BCUT2D eigenvalue weighted by Crippen LogP contribution is 2.41. The van der Waals surface area contributed by atoms with Crippen molar-refractivity contribution in [3.05, 3.63) is 63.0 Å². The second-order valence-electron chi connectivity index (χ2n) is 8.91. The van der Waals surface area contributed by atoms with Crippen LogP contribution in [-0.2, 0) is 9.53 Å². The minimum atomic E-state index is -2.84. The Morgan fingerprint density at radius 1 is 1.34 bits per heavy atom. The fourth-order valence-corrected chi connectivity index (χ4v) is 5.71. The first-order chi connectivity index (χ1) is 16.8. The number of thiazole rings is 1. The number of aliphatic imine (C=N–C) groups is 1. The number of hydrogen-bond donors (Lipinski definition) is 2. The quantitative estimate of drug-likeness (QED) is 0.588. The van der Waals surface area contributed by atoms with Gasteiger partial charge in [0, 0.05) is 43.0 Å². The highest BCUT2D eigenvalue weighted by Gasteiger charge is 2.56. The summed E-state index contributed by atoms with van der Waals surface area (Å²) in [4.78, 5) is 24.0. The van der Waals surface area contributed by atoms with E-state index in [4.69, 9.17) is 9.73 Å². The van der Waals surface area contributed by atoms with Crippen LogP contribution in [-0.4, -0.2) is 66.4 Å². The summed E-state index contributed by atoms with van der Waals surface area (Å²) >= 11 is 1.35. The van der Waals surface area contributed by atoms with E-state index < -0.39 is 36.2 Å². The maximum absolute atomic E-state index is 14.7. The van der Waals surface area contributed by atoms with Crippen LogP contribution in [0.5, 0.6) is 0 Å². The van der Waals surface area contributed by atoms with Gasteiger partial charge in [0.2, 0.25) is 0 Å². The van der Waals surface area contributed by atoms with Gasteiger partial charge in [0.05, 0.1) is 24.6 Å². The zero-order chi connectivity index (χ0) is 24.7. The summed E-state index contributed by atoms with van der Waals surface area (Å²) < 4.78 is 49.4. The molecular weight excluding hydrogens is 479 g/mol. The molecule has 7 nitrogen and oxygen atoms in total. The normalized spacial score (nSPS) is 25.9. The zero-order valence-corrected chi connectivity index (χ0v) is 20.2. The molecule has 4 heterocycles. The Balaban J connectivity index is 1.61. The molecule has 5 rings (SSSR count). The molecule has 2 N–H and O–H groups in total. The van der Waals surface area contributed by atoms with E-state index >= 15 is 0 Å². The van der Waals surface area contributed by atoms with Crippen molar-refractivity contribution in [3.63, 3.8) is 0 Å². The van der Waals surface area contributed by atoms with Crippen molar-refractivity contribution in [2.24, 2.45) is 10.9 Å².